The van der Waals surface area contributed by atoms with E-state index in [2.05, 4.69) is 0 Å². The first-order chi connectivity index (χ1) is 16.1. The van der Waals surface area contributed by atoms with E-state index in [-0.39, 0.29) is 29.5 Å². The Morgan fingerprint density at radius 3 is 2.53 bits per heavy atom. The van der Waals surface area contributed by atoms with Crippen molar-refractivity contribution in [3.8, 4) is 16.9 Å². The van der Waals surface area contributed by atoms with Gasteiger partial charge in [-0.05, 0) is 54.3 Å². The second-order valence-electron chi connectivity index (χ2n) is 9.20. The SMILES string of the molecule is CC1(CC(=O)c2ccc3c(-c4ccccc4Cl)nn(-c4ccc(F)cc4)c3c2)CCS(=O)(=O)C1. The van der Waals surface area contributed by atoms with Crippen LogP contribution in [-0.4, -0.2) is 35.5 Å². The molecule has 1 atom stereocenters. The molecule has 0 bridgehead atoms. The van der Waals surface area contributed by atoms with Crippen molar-refractivity contribution in [1.29, 1.82) is 0 Å². The van der Waals surface area contributed by atoms with Gasteiger partial charge in [0.05, 0.1) is 27.7 Å². The van der Waals surface area contributed by atoms with Crippen LogP contribution < -0.4 is 0 Å². The van der Waals surface area contributed by atoms with Gasteiger partial charge < -0.3 is 0 Å². The Bertz CT molecular complexity index is 1530. The summed E-state index contributed by atoms with van der Waals surface area (Å²) in [6, 6.07) is 18.7. The summed E-state index contributed by atoms with van der Waals surface area (Å²) in [5.41, 5.74) is 2.63. The number of nitrogens with zero attached hydrogens (tertiary/aromatic N) is 2. The number of hydrogen-bond donors (Lipinski definition) is 0. The van der Waals surface area contributed by atoms with E-state index >= 15 is 0 Å². The van der Waals surface area contributed by atoms with Crippen molar-refractivity contribution < 1.29 is 17.6 Å². The van der Waals surface area contributed by atoms with E-state index in [1.807, 2.05) is 31.2 Å². The minimum atomic E-state index is -3.10. The predicted molar refractivity (Wildman–Crippen MR) is 132 cm³/mol. The van der Waals surface area contributed by atoms with Crippen molar-refractivity contribution in [3.05, 3.63) is 83.1 Å². The van der Waals surface area contributed by atoms with Crippen molar-refractivity contribution >= 4 is 38.1 Å². The number of hydrogen-bond acceptors (Lipinski definition) is 4. The molecular weight excluding hydrogens is 475 g/mol. The van der Waals surface area contributed by atoms with E-state index in [1.165, 1.54) is 12.1 Å². The first kappa shape index (κ1) is 22.7. The lowest BCUT2D eigenvalue weighted by atomic mass is 9.83. The maximum absolute atomic E-state index is 13.6. The van der Waals surface area contributed by atoms with Crippen LogP contribution in [0.3, 0.4) is 0 Å². The Hall–Kier alpha value is -3.03. The van der Waals surface area contributed by atoms with Gasteiger partial charge >= 0.3 is 0 Å². The summed E-state index contributed by atoms with van der Waals surface area (Å²) in [6.07, 6.45) is 0.632. The maximum atomic E-state index is 13.6. The summed E-state index contributed by atoms with van der Waals surface area (Å²) < 4.78 is 39.2. The Kier molecular flexibility index (Phi) is 5.57. The molecule has 1 unspecified atom stereocenters. The van der Waals surface area contributed by atoms with E-state index in [0.29, 0.717) is 33.9 Å². The van der Waals surface area contributed by atoms with E-state index in [9.17, 15) is 17.6 Å². The Morgan fingerprint density at radius 1 is 1.12 bits per heavy atom. The Morgan fingerprint density at radius 2 is 1.85 bits per heavy atom. The van der Waals surface area contributed by atoms with Crippen LogP contribution in [0.5, 0.6) is 0 Å². The maximum Gasteiger partial charge on any atom is 0.163 e. The number of carbonyl (C=O) groups excluding carboxylic acids is 1. The van der Waals surface area contributed by atoms with Crippen molar-refractivity contribution in [2.75, 3.05) is 11.5 Å². The first-order valence-electron chi connectivity index (χ1n) is 10.9. The zero-order chi connectivity index (χ0) is 24.1. The average molecular weight is 497 g/mol. The molecule has 1 saturated heterocycles. The lowest BCUT2D eigenvalue weighted by molar-refractivity contribution is 0.0934. The fourth-order valence-corrected chi connectivity index (χ4v) is 7.11. The van der Waals surface area contributed by atoms with Gasteiger partial charge in [0, 0.05) is 22.9 Å². The van der Waals surface area contributed by atoms with Crippen LogP contribution in [0.15, 0.2) is 66.7 Å². The third kappa shape index (κ3) is 4.26. The van der Waals surface area contributed by atoms with Crippen molar-refractivity contribution in [2.45, 2.75) is 19.8 Å². The second-order valence-corrected chi connectivity index (χ2v) is 11.8. The predicted octanol–water partition coefficient (Wildman–Crippen LogP) is 5.88. The highest BCUT2D eigenvalue weighted by Gasteiger charge is 2.40. The van der Waals surface area contributed by atoms with Crippen molar-refractivity contribution in [2.24, 2.45) is 5.41 Å². The molecule has 1 aliphatic rings. The standard InChI is InChI=1S/C26H22ClFN2O3S/c1-26(12-13-34(32,33)16-26)15-24(31)17-6-11-21-23(14-17)30(19-9-7-18(28)8-10-19)29-25(21)20-4-2-3-5-22(20)27/h2-11,14H,12-13,15-16H2,1H3. The molecule has 0 N–H and O–H groups in total. The highest BCUT2D eigenvalue weighted by atomic mass is 35.5. The highest BCUT2D eigenvalue weighted by Crippen LogP contribution is 2.38. The quantitative estimate of drug-likeness (QED) is 0.323. The third-order valence-electron chi connectivity index (χ3n) is 6.38. The van der Waals surface area contributed by atoms with Gasteiger partial charge in [0.25, 0.3) is 0 Å². The van der Waals surface area contributed by atoms with Crippen LogP contribution in [0.25, 0.3) is 27.8 Å². The molecule has 174 valence electrons. The highest BCUT2D eigenvalue weighted by molar-refractivity contribution is 7.91. The molecule has 5 nitrogen and oxygen atoms in total. The molecule has 3 aromatic carbocycles. The van der Waals surface area contributed by atoms with Crippen LogP contribution in [0, 0.1) is 11.2 Å². The summed E-state index contributed by atoms with van der Waals surface area (Å²) in [5.74, 6) is -0.332. The fourth-order valence-electron chi connectivity index (χ4n) is 4.63. The van der Waals surface area contributed by atoms with Crippen LogP contribution in [0.2, 0.25) is 5.02 Å². The van der Waals surface area contributed by atoms with Crippen molar-refractivity contribution in [3.63, 3.8) is 0 Å². The van der Waals surface area contributed by atoms with Crippen LogP contribution in [-0.2, 0) is 9.84 Å². The van der Waals surface area contributed by atoms with Crippen LogP contribution in [0.1, 0.15) is 30.1 Å². The summed E-state index contributed by atoms with van der Waals surface area (Å²) in [6.45, 7) is 1.85. The molecule has 1 aromatic heterocycles. The smallest absolute Gasteiger partial charge is 0.163 e. The minimum absolute atomic E-state index is 0.0259. The molecule has 0 aliphatic carbocycles. The lowest BCUT2D eigenvalue weighted by Gasteiger charge is -2.20. The number of aromatic nitrogens is 2. The third-order valence-corrected chi connectivity index (χ3v) is 8.67. The van der Waals surface area contributed by atoms with Gasteiger partial charge in [-0.3, -0.25) is 4.79 Å². The minimum Gasteiger partial charge on any atom is -0.294 e. The zero-order valence-corrected chi connectivity index (χ0v) is 20.0. The van der Waals surface area contributed by atoms with Gasteiger partial charge in [0.15, 0.2) is 15.6 Å². The number of ketones is 1. The summed E-state index contributed by atoms with van der Waals surface area (Å²) in [4.78, 5) is 13.2. The van der Waals surface area contributed by atoms with Gasteiger partial charge in [0.1, 0.15) is 11.5 Å². The number of sulfone groups is 1. The number of fused-ring (bicyclic) bond motifs is 1. The number of carbonyl (C=O) groups is 1. The van der Waals surface area contributed by atoms with E-state index in [0.717, 1.165) is 10.9 Å². The number of benzene rings is 3. The first-order valence-corrected chi connectivity index (χ1v) is 13.1. The largest absolute Gasteiger partial charge is 0.294 e. The molecule has 8 heteroatoms. The fraction of sp³-hybridized carbons (Fsp3) is 0.231. The Balaban J connectivity index is 1.62. The van der Waals surface area contributed by atoms with E-state index in [4.69, 9.17) is 16.7 Å². The lowest BCUT2D eigenvalue weighted by Crippen LogP contribution is -2.22. The average Bonchev–Trinajstić information content (AvgIpc) is 3.30. The van der Waals surface area contributed by atoms with Crippen LogP contribution >= 0.6 is 11.6 Å². The summed E-state index contributed by atoms with van der Waals surface area (Å²) in [7, 11) is -3.10. The number of Topliss-reactive ketones (excluding diaryl/α,β-unsaturated/α-hetero) is 1. The van der Waals surface area contributed by atoms with Crippen LogP contribution in [0.4, 0.5) is 4.39 Å². The van der Waals surface area contributed by atoms with E-state index < -0.39 is 15.3 Å². The summed E-state index contributed by atoms with van der Waals surface area (Å²) >= 11 is 6.45. The normalized spacial score (nSPS) is 19.5. The molecule has 0 spiro atoms. The molecule has 34 heavy (non-hydrogen) atoms. The molecule has 0 saturated carbocycles. The van der Waals surface area contributed by atoms with Gasteiger partial charge in [-0.2, -0.15) is 5.10 Å². The van der Waals surface area contributed by atoms with Gasteiger partial charge in [-0.15, -0.1) is 0 Å². The number of halogens is 2. The Labute approximate surface area is 202 Å². The molecule has 4 aromatic rings. The second kappa shape index (κ2) is 8.32. The number of rotatable bonds is 5. The van der Waals surface area contributed by atoms with E-state index in [1.54, 1.807) is 35.0 Å². The van der Waals surface area contributed by atoms with Gasteiger partial charge in [-0.25, -0.2) is 17.5 Å². The molecule has 1 fully saturated rings. The van der Waals surface area contributed by atoms with Crippen molar-refractivity contribution in [1.82, 2.24) is 9.78 Å². The molecule has 0 radical (unpaired) electrons. The zero-order valence-electron chi connectivity index (χ0n) is 18.5. The molecule has 1 aliphatic heterocycles. The molecule has 5 rings (SSSR count). The summed E-state index contributed by atoms with van der Waals surface area (Å²) in [5, 5.41) is 6.12. The molecular formula is C26H22ClFN2O3S. The monoisotopic (exact) mass is 496 g/mol. The topological polar surface area (TPSA) is 69.0 Å². The molecule has 2 heterocycles. The van der Waals surface area contributed by atoms with Gasteiger partial charge in [-0.1, -0.05) is 42.8 Å². The van der Waals surface area contributed by atoms with Gasteiger partial charge in [0.2, 0.25) is 0 Å². The molecule has 0 amide bonds.